The minimum atomic E-state index is -1.22. The van der Waals surface area contributed by atoms with Crippen molar-refractivity contribution in [2.75, 3.05) is 18.6 Å². The van der Waals surface area contributed by atoms with Gasteiger partial charge in [-0.15, -0.1) is 0 Å². The molecular weight excluding hydrogens is 390 g/mol. The van der Waals surface area contributed by atoms with Gasteiger partial charge in [0.1, 0.15) is 35.6 Å². The lowest BCUT2D eigenvalue weighted by Gasteiger charge is -2.40. The first-order chi connectivity index (χ1) is 14.5. The Kier molecular flexibility index (Phi) is 4.66. The lowest BCUT2D eigenvalue weighted by molar-refractivity contribution is -0.0519. The highest BCUT2D eigenvalue weighted by Gasteiger charge is 2.45. The summed E-state index contributed by atoms with van der Waals surface area (Å²) in [6, 6.07) is 5.48. The number of aromatic hydroxyl groups is 1. The first-order valence-corrected chi connectivity index (χ1v) is 10.1. The van der Waals surface area contributed by atoms with E-state index in [1.807, 2.05) is 17.0 Å². The number of aliphatic hydroxyl groups excluding tert-OH is 3. The Morgan fingerprint density at radius 2 is 2.10 bits per heavy atom. The normalized spacial score (nSPS) is 30.7. The third kappa shape index (κ3) is 2.79. The number of phenols is 1. The van der Waals surface area contributed by atoms with E-state index in [0.717, 1.165) is 30.4 Å². The van der Waals surface area contributed by atoms with Gasteiger partial charge in [-0.2, -0.15) is 0 Å². The van der Waals surface area contributed by atoms with E-state index in [4.69, 9.17) is 10.1 Å². The van der Waals surface area contributed by atoms with Crippen LogP contribution in [0.25, 0.3) is 0 Å². The Bertz CT molecular complexity index is 978. The zero-order chi connectivity index (χ0) is 21.0. The van der Waals surface area contributed by atoms with Crippen molar-refractivity contribution in [3.05, 3.63) is 41.3 Å². The number of rotatable bonds is 3. The first kappa shape index (κ1) is 19.3. The van der Waals surface area contributed by atoms with Gasteiger partial charge in [-0.05, 0) is 36.5 Å². The molecule has 1 aromatic carbocycles. The lowest BCUT2D eigenvalue weighted by atomic mass is 9.86. The summed E-state index contributed by atoms with van der Waals surface area (Å²) >= 11 is 0. The summed E-state index contributed by atoms with van der Waals surface area (Å²) in [5, 5.41) is 52.0. The molecular formula is C20H25N5O5. The van der Waals surface area contributed by atoms with Crippen LogP contribution in [0.1, 0.15) is 41.9 Å². The second-order valence-corrected chi connectivity index (χ2v) is 7.98. The van der Waals surface area contributed by atoms with E-state index in [2.05, 4.69) is 10.3 Å². The van der Waals surface area contributed by atoms with E-state index in [1.54, 1.807) is 10.6 Å². The van der Waals surface area contributed by atoms with E-state index < -0.39 is 31.1 Å². The van der Waals surface area contributed by atoms with E-state index in [9.17, 15) is 20.4 Å². The Balaban J connectivity index is 1.44. The molecule has 5 rings (SSSR count). The van der Waals surface area contributed by atoms with Crippen molar-refractivity contribution in [3.63, 3.8) is 0 Å². The number of fused-ring (bicyclic) bond motifs is 2. The van der Waals surface area contributed by atoms with Crippen LogP contribution in [0.3, 0.4) is 0 Å². The standard InChI is InChI=1S/C20H25N5O5/c21-18-15-19(25(8-22-15)20-17(29)16(28)14(7-26)30-20)23-9-24(18)12-5-1-4-11-10(12)3-2-6-13(11)27/h2-3,6,8,12,14,16-17,20-21,23,26-29H,1,4-5,7,9H2/t12?,14-,16-,17-,20-/m1/s1. The maximum atomic E-state index is 10.3. The van der Waals surface area contributed by atoms with Gasteiger partial charge >= 0.3 is 0 Å². The van der Waals surface area contributed by atoms with Crippen molar-refractivity contribution < 1.29 is 25.2 Å². The second-order valence-electron chi connectivity index (χ2n) is 7.98. The number of aromatic nitrogens is 2. The van der Waals surface area contributed by atoms with Crippen LogP contribution in [0.2, 0.25) is 0 Å². The average molecular weight is 415 g/mol. The molecule has 1 saturated heterocycles. The minimum absolute atomic E-state index is 0.0481. The number of hydrogen-bond donors (Lipinski definition) is 6. The summed E-state index contributed by atoms with van der Waals surface area (Å²) in [7, 11) is 0. The topological polar surface area (TPSA) is 147 Å². The molecule has 1 unspecified atom stereocenters. The lowest BCUT2D eigenvalue weighted by Crippen LogP contribution is -2.44. The van der Waals surface area contributed by atoms with Crippen molar-refractivity contribution in [3.8, 4) is 5.75 Å². The van der Waals surface area contributed by atoms with Crippen molar-refractivity contribution in [1.29, 1.82) is 5.41 Å². The van der Waals surface area contributed by atoms with Crippen molar-refractivity contribution in [2.45, 2.75) is 49.8 Å². The quantitative estimate of drug-likeness (QED) is 0.419. The SMILES string of the molecule is N=C1c2ncn([C@@H]3O[C@H](CO)[C@@H](O)[C@H]3O)c2NCN1C1CCCc2c(O)cccc21. The van der Waals surface area contributed by atoms with Crippen LogP contribution >= 0.6 is 0 Å². The Morgan fingerprint density at radius 3 is 2.87 bits per heavy atom. The Hall–Kier alpha value is -2.66. The van der Waals surface area contributed by atoms with E-state index >= 15 is 0 Å². The van der Waals surface area contributed by atoms with Crippen LogP contribution in [0.5, 0.6) is 5.75 Å². The fourth-order valence-electron chi connectivity index (χ4n) is 4.78. The highest BCUT2D eigenvalue weighted by molar-refractivity contribution is 6.00. The van der Waals surface area contributed by atoms with Gasteiger partial charge in [-0.1, -0.05) is 12.1 Å². The van der Waals surface area contributed by atoms with E-state index in [0.29, 0.717) is 23.9 Å². The highest BCUT2D eigenvalue weighted by Crippen LogP contribution is 2.41. The predicted octanol–water partition coefficient (Wildman–Crippen LogP) is 0.288. The number of aliphatic hydroxyl groups is 3. The molecule has 0 spiro atoms. The second kappa shape index (κ2) is 7.24. The molecule has 160 valence electrons. The Labute approximate surface area is 172 Å². The molecule has 2 aliphatic heterocycles. The molecule has 10 heteroatoms. The summed E-state index contributed by atoms with van der Waals surface area (Å²) in [6.45, 7) is -0.0529. The summed E-state index contributed by atoms with van der Waals surface area (Å²) in [5.41, 5.74) is 2.38. The summed E-state index contributed by atoms with van der Waals surface area (Å²) in [4.78, 5) is 6.29. The largest absolute Gasteiger partial charge is 0.508 e. The zero-order valence-electron chi connectivity index (χ0n) is 16.3. The third-order valence-electron chi connectivity index (χ3n) is 6.34. The average Bonchev–Trinajstić information content (AvgIpc) is 3.30. The van der Waals surface area contributed by atoms with Crippen molar-refractivity contribution >= 4 is 11.7 Å². The fourth-order valence-corrected chi connectivity index (χ4v) is 4.78. The number of anilines is 1. The summed E-state index contributed by atoms with van der Waals surface area (Å²) in [5.74, 6) is 1.07. The Morgan fingerprint density at radius 1 is 1.27 bits per heavy atom. The summed E-state index contributed by atoms with van der Waals surface area (Å²) < 4.78 is 7.17. The minimum Gasteiger partial charge on any atom is -0.508 e. The third-order valence-corrected chi connectivity index (χ3v) is 6.34. The number of phenolic OH excluding ortho intramolecular Hbond substituents is 1. The molecule has 3 aliphatic rings. The van der Waals surface area contributed by atoms with E-state index in [-0.39, 0.29) is 11.9 Å². The van der Waals surface area contributed by atoms with Gasteiger partial charge in [0.25, 0.3) is 0 Å². The van der Waals surface area contributed by atoms with Gasteiger partial charge in [0.05, 0.1) is 25.6 Å². The molecule has 0 saturated carbocycles. The monoisotopic (exact) mass is 415 g/mol. The van der Waals surface area contributed by atoms with Crippen LogP contribution < -0.4 is 5.32 Å². The van der Waals surface area contributed by atoms with Crippen LogP contribution in [0, 0.1) is 5.41 Å². The van der Waals surface area contributed by atoms with Crippen LogP contribution in [-0.4, -0.2) is 72.3 Å². The number of benzene rings is 1. The highest BCUT2D eigenvalue weighted by atomic mass is 16.6. The van der Waals surface area contributed by atoms with Gasteiger partial charge in [0.15, 0.2) is 12.1 Å². The molecule has 1 fully saturated rings. The smallest absolute Gasteiger partial charge is 0.165 e. The number of imidazole rings is 1. The van der Waals surface area contributed by atoms with Crippen LogP contribution in [0.15, 0.2) is 24.5 Å². The van der Waals surface area contributed by atoms with Gasteiger partial charge < -0.3 is 35.4 Å². The molecule has 0 radical (unpaired) electrons. The molecule has 30 heavy (non-hydrogen) atoms. The van der Waals surface area contributed by atoms with Crippen LogP contribution in [0.4, 0.5) is 5.82 Å². The molecule has 0 bridgehead atoms. The van der Waals surface area contributed by atoms with Gasteiger partial charge in [0.2, 0.25) is 0 Å². The van der Waals surface area contributed by atoms with Crippen LogP contribution in [-0.2, 0) is 11.2 Å². The molecule has 6 N–H and O–H groups in total. The van der Waals surface area contributed by atoms with E-state index in [1.165, 1.54) is 6.33 Å². The zero-order valence-corrected chi connectivity index (χ0v) is 16.3. The molecule has 2 aromatic rings. The maximum absolute atomic E-state index is 10.3. The van der Waals surface area contributed by atoms with Crippen molar-refractivity contribution in [2.24, 2.45) is 0 Å². The van der Waals surface area contributed by atoms with Gasteiger partial charge in [0, 0.05) is 0 Å². The number of nitrogens with zero attached hydrogens (tertiary/aromatic N) is 3. The molecule has 5 atom stereocenters. The number of hydrogen-bond acceptors (Lipinski definition) is 8. The molecule has 3 heterocycles. The van der Waals surface area contributed by atoms with Gasteiger partial charge in [-0.25, -0.2) is 4.98 Å². The fraction of sp³-hybridized carbons (Fsp3) is 0.500. The van der Waals surface area contributed by atoms with Gasteiger partial charge in [-0.3, -0.25) is 9.98 Å². The molecule has 1 aliphatic carbocycles. The summed E-state index contributed by atoms with van der Waals surface area (Å²) in [6.07, 6.45) is -0.142. The number of ether oxygens (including phenoxy) is 1. The predicted molar refractivity (Wildman–Crippen MR) is 106 cm³/mol. The first-order valence-electron chi connectivity index (χ1n) is 10.1. The molecule has 0 amide bonds. The molecule has 10 nitrogen and oxygen atoms in total. The molecule has 1 aromatic heterocycles. The number of nitrogens with one attached hydrogen (secondary N) is 2. The van der Waals surface area contributed by atoms with Crippen molar-refractivity contribution in [1.82, 2.24) is 14.5 Å². The number of amidine groups is 1. The maximum Gasteiger partial charge on any atom is 0.165 e.